The van der Waals surface area contributed by atoms with Crippen LogP contribution in [0.2, 0.25) is 0 Å². The fourth-order valence-electron chi connectivity index (χ4n) is 2.92. The zero-order chi connectivity index (χ0) is 21.0. The largest absolute Gasteiger partial charge is 0.497 e. The highest BCUT2D eigenvalue weighted by Crippen LogP contribution is 2.23. The van der Waals surface area contributed by atoms with Gasteiger partial charge in [-0.05, 0) is 42.0 Å². The molecule has 0 aliphatic carbocycles. The molecular weight excluding hydrogens is 392 g/mol. The predicted octanol–water partition coefficient (Wildman–Crippen LogP) is 3.07. The van der Waals surface area contributed by atoms with Crippen molar-refractivity contribution >= 4 is 28.0 Å². The van der Waals surface area contributed by atoms with Crippen LogP contribution in [0.3, 0.4) is 0 Å². The maximum atomic E-state index is 12.7. The minimum absolute atomic E-state index is 0.0701. The van der Waals surface area contributed by atoms with Crippen molar-refractivity contribution in [2.24, 2.45) is 4.99 Å². The van der Waals surface area contributed by atoms with Crippen molar-refractivity contribution in [2.45, 2.75) is 18.7 Å². The number of ether oxygens (including phenoxy) is 2. The number of nitrogens with zero attached hydrogens (tertiary/aromatic N) is 2. The van der Waals surface area contributed by atoms with Gasteiger partial charge in [0.25, 0.3) is 0 Å². The van der Waals surface area contributed by atoms with Gasteiger partial charge in [0.05, 0.1) is 12.0 Å². The van der Waals surface area contributed by atoms with Crippen LogP contribution in [0.4, 0.5) is 0 Å². The summed E-state index contributed by atoms with van der Waals surface area (Å²) in [7, 11) is -2.07. The average molecular weight is 414 g/mol. The molecule has 0 saturated carbocycles. The van der Waals surface area contributed by atoms with E-state index >= 15 is 0 Å². The van der Waals surface area contributed by atoms with Crippen molar-refractivity contribution in [1.82, 2.24) is 4.31 Å². The summed E-state index contributed by atoms with van der Waals surface area (Å²) in [4.78, 5) is 16.6. The molecule has 1 aliphatic rings. The van der Waals surface area contributed by atoms with Gasteiger partial charge < -0.3 is 9.47 Å². The molecule has 1 heterocycles. The topological polar surface area (TPSA) is 85.3 Å². The number of sulfonamides is 1. The summed E-state index contributed by atoms with van der Waals surface area (Å²) in [6.45, 7) is 4.30. The number of benzene rings is 2. The first-order chi connectivity index (χ1) is 13.9. The average Bonchev–Trinajstić information content (AvgIpc) is 3.09. The number of cyclic esters (lactones) is 1. The van der Waals surface area contributed by atoms with Gasteiger partial charge in [-0.25, -0.2) is 18.2 Å². The summed E-state index contributed by atoms with van der Waals surface area (Å²) in [6.07, 6.45) is 1.59. The zero-order valence-corrected chi connectivity index (χ0v) is 17.3. The van der Waals surface area contributed by atoms with Gasteiger partial charge >= 0.3 is 5.97 Å². The summed E-state index contributed by atoms with van der Waals surface area (Å²) >= 11 is 0. The van der Waals surface area contributed by atoms with Crippen LogP contribution in [0.15, 0.2) is 64.1 Å². The first-order valence-electron chi connectivity index (χ1n) is 9.16. The van der Waals surface area contributed by atoms with E-state index in [9.17, 15) is 13.2 Å². The number of hydrogen-bond acceptors (Lipinski definition) is 6. The van der Waals surface area contributed by atoms with Gasteiger partial charge in [-0.1, -0.05) is 32.0 Å². The Morgan fingerprint density at radius 1 is 1.10 bits per heavy atom. The highest BCUT2D eigenvalue weighted by Gasteiger charge is 2.27. The van der Waals surface area contributed by atoms with Crippen LogP contribution in [0.25, 0.3) is 6.08 Å². The van der Waals surface area contributed by atoms with E-state index in [4.69, 9.17) is 9.47 Å². The molecule has 7 nitrogen and oxygen atoms in total. The molecule has 0 unspecified atom stereocenters. The van der Waals surface area contributed by atoms with E-state index in [0.29, 0.717) is 24.4 Å². The van der Waals surface area contributed by atoms with Gasteiger partial charge in [0.1, 0.15) is 5.75 Å². The third-order valence-corrected chi connectivity index (χ3v) is 6.49. The number of esters is 1. The normalized spacial score (nSPS) is 15.5. The molecule has 0 saturated heterocycles. The monoisotopic (exact) mass is 414 g/mol. The van der Waals surface area contributed by atoms with Crippen molar-refractivity contribution in [3.05, 3.63) is 65.4 Å². The molecule has 1 aliphatic heterocycles. The van der Waals surface area contributed by atoms with Crippen molar-refractivity contribution in [3.8, 4) is 5.75 Å². The van der Waals surface area contributed by atoms with Gasteiger partial charge in [0, 0.05) is 18.7 Å². The molecule has 0 atom stereocenters. The molecular formula is C21H22N2O5S. The summed E-state index contributed by atoms with van der Waals surface area (Å²) in [6, 6.07) is 13.4. The number of aliphatic imine (C=N–C) groups is 1. The second kappa shape index (κ2) is 8.59. The van der Waals surface area contributed by atoms with Crippen LogP contribution >= 0.6 is 0 Å². The van der Waals surface area contributed by atoms with Crippen LogP contribution in [0.1, 0.15) is 25.0 Å². The molecule has 0 spiro atoms. The first-order valence-corrected chi connectivity index (χ1v) is 10.6. The summed E-state index contributed by atoms with van der Waals surface area (Å²) < 4.78 is 37.3. The van der Waals surface area contributed by atoms with Crippen molar-refractivity contribution in [3.63, 3.8) is 0 Å². The number of carbonyl (C=O) groups is 1. The number of carbonyl (C=O) groups excluding carboxylic acids is 1. The molecule has 0 radical (unpaired) electrons. The van der Waals surface area contributed by atoms with Crippen LogP contribution in [-0.2, 0) is 19.6 Å². The Kier molecular flexibility index (Phi) is 6.14. The van der Waals surface area contributed by atoms with Crippen molar-refractivity contribution < 1.29 is 22.7 Å². The van der Waals surface area contributed by atoms with Gasteiger partial charge in [0.2, 0.25) is 15.9 Å². The summed E-state index contributed by atoms with van der Waals surface area (Å²) in [5, 5.41) is 0. The third kappa shape index (κ3) is 4.38. The standard InChI is InChI=1S/C21H22N2O5S/c1-4-23(5-2)29(25,26)18-11-7-9-16(14-18)20-22-19(21(24)28-20)13-15-8-6-10-17(12-15)27-3/h6-14H,4-5H2,1-3H3. The molecule has 0 N–H and O–H groups in total. The van der Waals surface area contributed by atoms with E-state index in [2.05, 4.69) is 4.99 Å². The second-order valence-electron chi connectivity index (χ2n) is 6.23. The second-order valence-corrected chi connectivity index (χ2v) is 8.17. The third-order valence-electron chi connectivity index (χ3n) is 4.44. The smallest absolute Gasteiger partial charge is 0.363 e. The lowest BCUT2D eigenvalue weighted by Crippen LogP contribution is -2.30. The fraction of sp³-hybridized carbons (Fsp3) is 0.238. The Bertz CT molecular complexity index is 1090. The molecule has 0 aromatic heterocycles. The van der Waals surface area contributed by atoms with Crippen LogP contribution in [-0.4, -0.2) is 44.8 Å². The molecule has 152 valence electrons. The fourth-order valence-corrected chi connectivity index (χ4v) is 4.43. The van der Waals surface area contributed by atoms with Crippen LogP contribution in [0, 0.1) is 0 Å². The van der Waals surface area contributed by atoms with E-state index in [1.807, 2.05) is 6.07 Å². The molecule has 3 rings (SSSR count). The Hall–Kier alpha value is -2.97. The SMILES string of the molecule is CCN(CC)S(=O)(=O)c1cccc(C2=NC(=Cc3cccc(OC)c3)C(=O)O2)c1. The number of hydrogen-bond donors (Lipinski definition) is 0. The minimum Gasteiger partial charge on any atom is -0.497 e. The van der Waals surface area contributed by atoms with Gasteiger partial charge in [-0.3, -0.25) is 0 Å². The summed E-state index contributed by atoms with van der Waals surface area (Å²) in [5.74, 6) is 0.129. The highest BCUT2D eigenvalue weighted by molar-refractivity contribution is 7.89. The van der Waals surface area contributed by atoms with Crippen LogP contribution in [0.5, 0.6) is 5.75 Å². The Balaban J connectivity index is 1.95. The lowest BCUT2D eigenvalue weighted by atomic mass is 10.2. The van der Waals surface area contributed by atoms with Crippen LogP contribution < -0.4 is 4.74 Å². The van der Waals surface area contributed by atoms with E-state index < -0.39 is 16.0 Å². The lowest BCUT2D eigenvalue weighted by molar-refractivity contribution is -0.129. The molecule has 0 bridgehead atoms. The maximum Gasteiger partial charge on any atom is 0.363 e. The molecule has 2 aromatic carbocycles. The van der Waals surface area contributed by atoms with E-state index in [0.717, 1.165) is 5.56 Å². The van der Waals surface area contributed by atoms with E-state index in [1.165, 1.54) is 16.4 Å². The lowest BCUT2D eigenvalue weighted by Gasteiger charge is -2.18. The number of rotatable bonds is 7. The van der Waals surface area contributed by atoms with E-state index in [-0.39, 0.29) is 16.5 Å². The molecule has 2 aromatic rings. The minimum atomic E-state index is -3.63. The Labute approximate surface area is 170 Å². The molecule has 29 heavy (non-hydrogen) atoms. The van der Waals surface area contributed by atoms with Crippen molar-refractivity contribution in [1.29, 1.82) is 0 Å². The highest BCUT2D eigenvalue weighted by atomic mass is 32.2. The Morgan fingerprint density at radius 3 is 2.52 bits per heavy atom. The van der Waals surface area contributed by atoms with Gasteiger partial charge in [-0.15, -0.1) is 0 Å². The number of methoxy groups -OCH3 is 1. The first kappa shape index (κ1) is 20.8. The zero-order valence-electron chi connectivity index (χ0n) is 16.5. The maximum absolute atomic E-state index is 12.7. The molecule has 8 heteroatoms. The quantitative estimate of drug-likeness (QED) is 0.513. The Morgan fingerprint density at radius 2 is 1.83 bits per heavy atom. The predicted molar refractivity (Wildman–Crippen MR) is 110 cm³/mol. The van der Waals surface area contributed by atoms with Crippen molar-refractivity contribution in [2.75, 3.05) is 20.2 Å². The van der Waals surface area contributed by atoms with E-state index in [1.54, 1.807) is 57.4 Å². The summed E-state index contributed by atoms with van der Waals surface area (Å²) in [5.41, 5.74) is 1.28. The molecule has 0 fully saturated rings. The molecule has 0 amide bonds. The van der Waals surface area contributed by atoms with Gasteiger partial charge in [-0.2, -0.15) is 4.31 Å². The van der Waals surface area contributed by atoms with Gasteiger partial charge in [0.15, 0.2) is 5.70 Å².